The van der Waals surface area contributed by atoms with E-state index in [-0.39, 0.29) is 11.8 Å². The van der Waals surface area contributed by atoms with Crippen LogP contribution in [0.15, 0.2) is 60.7 Å². The molecule has 3 N–H and O–H groups in total. The molecule has 25 heavy (non-hydrogen) atoms. The van der Waals surface area contributed by atoms with E-state index in [2.05, 4.69) is 16.0 Å². The summed E-state index contributed by atoms with van der Waals surface area (Å²) in [5, 5.41) is 7.57. The Balaban J connectivity index is 1.68. The molecule has 4 amide bonds. The number of carbonyl (C=O) groups excluding carboxylic acids is 3. The van der Waals surface area contributed by atoms with Crippen molar-refractivity contribution < 1.29 is 14.4 Å². The van der Waals surface area contributed by atoms with Gasteiger partial charge in [-0.25, -0.2) is 4.79 Å². The summed E-state index contributed by atoms with van der Waals surface area (Å²) >= 11 is 0. The van der Waals surface area contributed by atoms with Gasteiger partial charge in [-0.2, -0.15) is 0 Å². The van der Waals surface area contributed by atoms with Gasteiger partial charge in [-0.1, -0.05) is 60.7 Å². The first-order chi connectivity index (χ1) is 12.1. The Bertz CT molecular complexity index is 722. The maximum atomic E-state index is 12.8. The standard InChI is InChI=1S/C19H19N3O3/c23-17-15(21-19(25)22-17)11-12-20-18(24)16(13-7-3-1-4-8-13)14-9-5-2-6-10-14/h1-10,15-16H,11-12H2,(H,20,24)(H2,21,22,23,25). The first-order valence-electron chi connectivity index (χ1n) is 8.14. The van der Waals surface area contributed by atoms with E-state index in [1.54, 1.807) is 0 Å². The Hall–Kier alpha value is -3.15. The minimum absolute atomic E-state index is 0.137. The molecule has 1 aliphatic rings. The van der Waals surface area contributed by atoms with Gasteiger partial charge in [0.05, 0.1) is 5.92 Å². The molecule has 0 saturated carbocycles. The Morgan fingerprint density at radius 1 is 0.960 bits per heavy atom. The van der Waals surface area contributed by atoms with Gasteiger partial charge in [-0.3, -0.25) is 14.9 Å². The van der Waals surface area contributed by atoms with Gasteiger partial charge in [0, 0.05) is 6.54 Å². The Kier molecular flexibility index (Phi) is 5.09. The van der Waals surface area contributed by atoms with Crippen LogP contribution < -0.4 is 16.0 Å². The Morgan fingerprint density at radius 3 is 2.00 bits per heavy atom. The lowest BCUT2D eigenvalue weighted by Gasteiger charge is -2.18. The fourth-order valence-corrected chi connectivity index (χ4v) is 2.89. The van der Waals surface area contributed by atoms with E-state index in [1.807, 2.05) is 60.7 Å². The van der Waals surface area contributed by atoms with Crippen LogP contribution in [0.25, 0.3) is 0 Å². The zero-order chi connectivity index (χ0) is 17.6. The van der Waals surface area contributed by atoms with Crippen LogP contribution in [0, 0.1) is 0 Å². The molecule has 0 aromatic heterocycles. The number of urea groups is 1. The Morgan fingerprint density at radius 2 is 1.52 bits per heavy atom. The number of nitrogens with one attached hydrogen (secondary N) is 3. The number of hydrogen-bond acceptors (Lipinski definition) is 3. The van der Waals surface area contributed by atoms with Crippen LogP contribution in [0.3, 0.4) is 0 Å². The summed E-state index contributed by atoms with van der Waals surface area (Å²) in [4.78, 5) is 35.4. The predicted octanol–water partition coefficient (Wildman–Crippen LogP) is 1.53. The average Bonchev–Trinajstić information content (AvgIpc) is 2.94. The van der Waals surface area contributed by atoms with Crippen LogP contribution in [0.2, 0.25) is 0 Å². The summed E-state index contributed by atoms with van der Waals surface area (Å²) in [5.74, 6) is -0.918. The van der Waals surface area contributed by atoms with E-state index in [4.69, 9.17) is 0 Å². The van der Waals surface area contributed by atoms with E-state index < -0.39 is 18.0 Å². The van der Waals surface area contributed by atoms with Crippen molar-refractivity contribution in [1.29, 1.82) is 0 Å². The number of amides is 4. The molecule has 2 aromatic carbocycles. The van der Waals surface area contributed by atoms with Gasteiger partial charge in [0.15, 0.2) is 0 Å². The van der Waals surface area contributed by atoms with Gasteiger partial charge in [0.2, 0.25) is 5.91 Å². The highest BCUT2D eigenvalue weighted by Gasteiger charge is 2.29. The van der Waals surface area contributed by atoms with Crippen molar-refractivity contribution in [1.82, 2.24) is 16.0 Å². The van der Waals surface area contributed by atoms with Crippen molar-refractivity contribution in [2.75, 3.05) is 6.54 Å². The molecule has 1 saturated heterocycles. The molecule has 6 nitrogen and oxygen atoms in total. The van der Waals surface area contributed by atoms with E-state index >= 15 is 0 Å². The quantitative estimate of drug-likeness (QED) is 0.699. The summed E-state index contributed by atoms with van der Waals surface area (Å²) in [5.41, 5.74) is 1.80. The maximum Gasteiger partial charge on any atom is 0.322 e. The molecular weight excluding hydrogens is 318 g/mol. The fraction of sp³-hybridized carbons (Fsp3) is 0.211. The van der Waals surface area contributed by atoms with Crippen LogP contribution in [-0.4, -0.2) is 30.4 Å². The summed E-state index contributed by atoms with van der Waals surface area (Å²) in [7, 11) is 0. The van der Waals surface area contributed by atoms with E-state index in [0.717, 1.165) is 11.1 Å². The molecule has 1 heterocycles. The smallest absolute Gasteiger partial charge is 0.322 e. The highest BCUT2D eigenvalue weighted by atomic mass is 16.2. The molecule has 6 heteroatoms. The largest absolute Gasteiger partial charge is 0.355 e. The molecule has 2 aromatic rings. The van der Waals surface area contributed by atoms with E-state index in [0.29, 0.717) is 13.0 Å². The van der Waals surface area contributed by atoms with Crippen LogP contribution in [0.4, 0.5) is 4.79 Å². The normalized spacial score (nSPS) is 16.4. The number of rotatable bonds is 6. The number of carbonyl (C=O) groups is 3. The molecule has 1 unspecified atom stereocenters. The second kappa shape index (κ2) is 7.61. The summed E-state index contributed by atoms with van der Waals surface area (Å²) in [6, 6.07) is 18.0. The monoisotopic (exact) mass is 337 g/mol. The fourth-order valence-electron chi connectivity index (χ4n) is 2.89. The highest BCUT2D eigenvalue weighted by molar-refractivity contribution is 6.04. The third-order valence-electron chi connectivity index (χ3n) is 4.12. The van der Waals surface area contributed by atoms with Crippen LogP contribution >= 0.6 is 0 Å². The summed E-state index contributed by atoms with van der Waals surface area (Å²) < 4.78 is 0. The van der Waals surface area contributed by atoms with Gasteiger partial charge in [0.25, 0.3) is 5.91 Å². The van der Waals surface area contributed by atoms with Crippen molar-refractivity contribution in [2.24, 2.45) is 0 Å². The van der Waals surface area contributed by atoms with Crippen molar-refractivity contribution in [3.8, 4) is 0 Å². The average molecular weight is 337 g/mol. The molecule has 0 spiro atoms. The van der Waals surface area contributed by atoms with Gasteiger partial charge in [-0.15, -0.1) is 0 Å². The van der Waals surface area contributed by atoms with Gasteiger partial charge in [0.1, 0.15) is 6.04 Å². The first kappa shape index (κ1) is 16.7. The minimum Gasteiger partial charge on any atom is -0.355 e. The molecule has 128 valence electrons. The minimum atomic E-state index is -0.597. The highest BCUT2D eigenvalue weighted by Crippen LogP contribution is 2.24. The van der Waals surface area contributed by atoms with Crippen LogP contribution in [0.1, 0.15) is 23.5 Å². The third-order valence-corrected chi connectivity index (χ3v) is 4.12. The number of hydrogen-bond donors (Lipinski definition) is 3. The zero-order valence-electron chi connectivity index (χ0n) is 13.6. The number of benzene rings is 2. The molecular formula is C19H19N3O3. The third kappa shape index (κ3) is 4.03. The van der Waals surface area contributed by atoms with Crippen molar-refractivity contribution in [3.05, 3.63) is 71.8 Å². The lowest BCUT2D eigenvalue weighted by molar-refractivity contribution is -0.123. The van der Waals surface area contributed by atoms with E-state index in [1.165, 1.54) is 0 Å². The lowest BCUT2D eigenvalue weighted by atomic mass is 9.90. The first-order valence-corrected chi connectivity index (χ1v) is 8.14. The molecule has 3 rings (SSSR count). The SMILES string of the molecule is O=C1NC(=O)C(CCNC(=O)C(c2ccccc2)c2ccccc2)N1. The maximum absolute atomic E-state index is 12.8. The molecule has 0 aliphatic carbocycles. The van der Waals surface area contributed by atoms with Gasteiger partial charge in [-0.05, 0) is 17.5 Å². The number of imide groups is 1. The second-order valence-electron chi connectivity index (χ2n) is 5.85. The molecule has 1 atom stereocenters. The summed E-state index contributed by atoms with van der Waals surface area (Å²) in [6.07, 6.45) is 0.347. The Labute approximate surface area is 145 Å². The molecule has 0 bridgehead atoms. The second-order valence-corrected chi connectivity index (χ2v) is 5.85. The van der Waals surface area contributed by atoms with Crippen LogP contribution in [-0.2, 0) is 9.59 Å². The lowest BCUT2D eigenvalue weighted by Crippen LogP contribution is -2.36. The summed E-state index contributed by atoms with van der Waals surface area (Å²) in [6.45, 7) is 0.299. The van der Waals surface area contributed by atoms with E-state index in [9.17, 15) is 14.4 Å². The van der Waals surface area contributed by atoms with Gasteiger partial charge < -0.3 is 10.6 Å². The molecule has 1 fully saturated rings. The van der Waals surface area contributed by atoms with Crippen LogP contribution in [0.5, 0.6) is 0 Å². The van der Waals surface area contributed by atoms with Gasteiger partial charge >= 0.3 is 6.03 Å². The zero-order valence-corrected chi connectivity index (χ0v) is 13.6. The molecule has 1 aliphatic heterocycles. The topological polar surface area (TPSA) is 87.3 Å². The predicted molar refractivity (Wildman–Crippen MR) is 92.8 cm³/mol. The van der Waals surface area contributed by atoms with Crippen molar-refractivity contribution in [2.45, 2.75) is 18.4 Å². The van der Waals surface area contributed by atoms with Crippen molar-refractivity contribution in [3.63, 3.8) is 0 Å². The molecule has 0 radical (unpaired) electrons. The van der Waals surface area contributed by atoms with Crippen molar-refractivity contribution >= 4 is 17.8 Å².